The van der Waals surface area contributed by atoms with Crippen molar-refractivity contribution in [1.29, 1.82) is 0 Å². The van der Waals surface area contributed by atoms with Crippen molar-refractivity contribution in [2.45, 2.75) is 25.3 Å². The Balaban J connectivity index is 1.99. The molecule has 2 rings (SSSR count). The molecule has 1 heterocycles. The van der Waals surface area contributed by atoms with E-state index in [0.29, 0.717) is 19.6 Å². The minimum absolute atomic E-state index is 0.536. The number of β-amino-alcohol motifs (C(OH)–C–C–N with tert-alkyl or cyclic N) is 2. The Hall–Kier alpha value is -0.940. The van der Waals surface area contributed by atoms with Crippen molar-refractivity contribution in [2.24, 2.45) is 5.73 Å². The highest BCUT2D eigenvalue weighted by atomic mass is 16.3. The van der Waals surface area contributed by atoms with Crippen LogP contribution in [-0.2, 0) is 13.1 Å². The maximum atomic E-state index is 9.44. The summed E-state index contributed by atoms with van der Waals surface area (Å²) in [6.07, 6.45) is -1.23. The molecule has 1 aliphatic heterocycles. The summed E-state index contributed by atoms with van der Waals surface area (Å²) in [5, 5.41) is 18.9. The van der Waals surface area contributed by atoms with Gasteiger partial charge in [0, 0.05) is 26.2 Å². The molecule has 0 amide bonds. The van der Waals surface area contributed by atoms with Crippen molar-refractivity contribution < 1.29 is 10.2 Å². The zero-order chi connectivity index (χ0) is 11.5. The molecular weight excluding hydrogens is 204 g/mol. The number of hydrogen-bond acceptors (Lipinski definition) is 4. The van der Waals surface area contributed by atoms with Gasteiger partial charge in [-0.2, -0.15) is 0 Å². The monoisotopic (exact) mass is 222 g/mol. The Kier molecular flexibility index (Phi) is 3.56. The van der Waals surface area contributed by atoms with Crippen molar-refractivity contribution in [3.63, 3.8) is 0 Å². The molecule has 1 aromatic rings. The van der Waals surface area contributed by atoms with Gasteiger partial charge in [0.15, 0.2) is 0 Å². The van der Waals surface area contributed by atoms with Crippen LogP contribution in [0.2, 0.25) is 0 Å². The van der Waals surface area contributed by atoms with Crippen molar-refractivity contribution >= 4 is 0 Å². The first-order valence-electron chi connectivity index (χ1n) is 5.55. The Morgan fingerprint density at radius 2 is 1.81 bits per heavy atom. The first kappa shape index (κ1) is 11.5. The lowest BCUT2D eigenvalue weighted by Crippen LogP contribution is -2.22. The Bertz CT molecular complexity index is 347. The minimum atomic E-state index is -0.613. The number of nitrogens with zero attached hydrogens (tertiary/aromatic N) is 1. The van der Waals surface area contributed by atoms with Crippen LogP contribution in [0, 0.1) is 0 Å². The van der Waals surface area contributed by atoms with Gasteiger partial charge >= 0.3 is 0 Å². The average molecular weight is 222 g/mol. The topological polar surface area (TPSA) is 69.7 Å². The van der Waals surface area contributed by atoms with Crippen LogP contribution in [0.15, 0.2) is 24.3 Å². The molecule has 0 radical (unpaired) electrons. The van der Waals surface area contributed by atoms with Crippen LogP contribution in [0.25, 0.3) is 0 Å². The van der Waals surface area contributed by atoms with Gasteiger partial charge in [-0.25, -0.2) is 0 Å². The normalized spacial score (nSPS) is 26.2. The summed E-state index contributed by atoms with van der Waals surface area (Å²) in [5.74, 6) is 0. The van der Waals surface area contributed by atoms with Gasteiger partial charge in [0.1, 0.15) is 0 Å². The zero-order valence-electron chi connectivity index (χ0n) is 9.21. The molecule has 0 aliphatic carbocycles. The molecule has 2 atom stereocenters. The molecule has 4 heteroatoms. The van der Waals surface area contributed by atoms with E-state index in [0.717, 1.165) is 12.1 Å². The minimum Gasteiger partial charge on any atom is -0.389 e. The molecule has 16 heavy (non-hydrogen) atoms. The molecule has 0 spiro atoms. The standard InChI is InChI=1S/C12H18N2O2/c13-5-9-2-1-3-10(4-9)6-14-7-11(15)12(16)8-14/h1-4,11-12,15-16H,5-8,13H2. The molecule has 88 valence electrons. The smallest absolute Gasteiger partial charge is 0.0938 e. The van der Waals surface area contributed by atoms with E-state index in [-0.39, 0.29) is 0 Å². The van der Waals surface area contributed by atoms with Gasteiger partial charge in [-0.1, -0.05) is 24.3 Å². The van der Waals surface area contributed by atoms with E-state index in [9.17, 15) is 10.2 Å². The lowest BCUT2D eigenvalue weighted by molar-refractivity contribution is 0.0572. The summed E-state index contributed by atoms with van der Waals surface area (Å²) >= 11 is 0. The zero-order valence-corrected chi connectivity index (χ0v) is 9.21. The van der Waals surface area contributed by atoms with Gasteiger partial charge in [-0.15, -0.1) is 0 Å². The maximum absolute atomic E-state index is 9.44. The third kappa shape index (κ3) is 2.59. The van der Waals surface area contributed by atoms with E-state index in [4.69, 9.17) is 5.73 Å². The Morgan fingerprint density at radius 1 is 1.19 bits per heavy atom. The average Bonchev–Trinajstić information content (AvgIpc) is 2.58. The maximum Gasteiger partial charge on any atom is 0.0938 e. The van der Waals surface area contributed by atoms with Crippen LogP contribution in [0.3, 0.4) is 0 Å². The van der Waals surface area contributed by atoms with Gasteiger partial charge in [-0.3, -0.25) is 4.90 Å². The highest BCUT2D eigenvalue weighted by molar-refractivity contribution is 5.23. The summed E-state index contributed by atoms with van der Waals surface area (Å²) in [4.78, 5) is 2.05. The van der Waals surface area contributed by atoms with Crippen LogP contribution in [-0.4, -0.2) is 40.4 Å². The molecule has 4 nitrogen and oxygen atoms in total. The molecule has 0 bridgehead atoms. The molecule has 0 aromatic heterocycles. The van der Waals surface area contributed by atoms with Crippen molar-refractivity contribution in [3.8, 4) is 0 Å². The molecule has 1 fully saturated rings. The second kappa shape index (κ2) is 4.93. The number of aliphatic hydroxyl groups excluding tert-OH is 2. The van der Waals surface area contributed by atoms with Crippen molar-refractivity contribution in [3.05, 3.63) is 35.4 Å². The highest BCUT2D eigenvalue weighted by Gasteiger charge is 2.29. The van der Waals surface area contributed by atoms with E-state index in [2.05, 4.69) is 6.07 Å². The number of likely N-dealkylation sites (tertiary alicyclic amines) is 1. The second-order valence-electron chi connectivity index (χ2n) is 4.35. The fourth-order valence-electron chi connectivity index (χ4n) is 2.09. The molecule has 0 saturated carbocycles. The lowest BCUT2D eigenvalue weighted by atomic mass is 10.1. The predicted octanol–water partition coefficient (Wildman–Crippen LogP) is -0.317. The second-order valence-corrected chi connectivity index (χ2v) is 4.35. The van der Waals surface area contributed by atoms with Crippen LogP contribution < -0.4 is 5.73 Å². The fourth-order valence-corrected chi connectivity index (χ4v) is 2.09. The largest absolute Gasteiger partial charge is 0.389 e. The van der Waals surface area contributed by atoms with Crippen LogP contribution >= 0.6 is 0 Å². The number of aliphatic hydroxyl groups is 2. The van der Waals surface area contributed by atoms with Crippen molar-refractivity contribution in [1.82, 2.24) is 4.90 Å². The molecule has 1 aliphatic rings. The third-order valence-corrected chi connectivity index (χ3v) is 2.97. The van der Waals surface area contributed by atoms with E-state index in [1.54, 1.807) is 0 Å². The van der Waals surface area contributed by atoms with Crippen LogP contribution in [0.4, 0.5) is 0 Å². The van der Waals surface area contributed by atoms with Gasteiger partial charge in [0.2, 0.25) is 0 Å². The first-order chi connectivity index (χ1) is 7.69. The number of benzene rings is 1. The SMILES string of the molecule is NCc1cccc(CN2CC(O)C(O)C2)c1. The molecule has 4 N–H and O–H groups in total. The summed E-state index contributed by atoms with van der Waals surface area (Å²) in [6.45, 7) is 2.36. The summed E-state index contributed by atoms with van der Waals surface area (Å²) in [7, 11) is 0. The van der Waals surface area contributed by atoms with Crippen LogP contribution in [0.1, 0.15) is 11.1 Å². The van der Waals surface area contributed by atoms with Crippen LogP contribution in [0.5, 0.6) is 0 Å². The first-order valence-corrected chi connectivity index (χ1v) is 5.55. The molecule has 1 aromatic carbocycles. The number of nitrogens with two attached hydrogens (primary N) is 1. The fraction of sp³-hybridized carbons (Fsp3) is 0.500. The molecular formula is C12H18N2O2. The summed E-state index contributed by atoms with van der Waals surface area (Å²) < 4.78 is 0. The quantitative estimate of drug-likeness (QED) is 0.656. The van der Waals surface area contributed by atoms with E-state index < -0.39 is 12.2 Å². The number of hydrogen-bond donors (Lipinski definition) is 3. The highest BCUT2D eigenvalue weighted by Crippen LogP contribution is 2.14. The van der Waals surface area contributed by atoms with Gasteiger partial charge < -0.3 is 15.9 Å². The third-order valence-electron chi connectivity index (χ3n) is 2.97. The van der Waals surface area contributed by atoms with Gasteiger partial charge in [-0.05, 0) is 11.1 Å². The van der Waals surface area contributed by atoms with Crippen molar-refractivity contribution in [2.75, 3.05) is 13.1 Å². The summed E-state index contributed by atoms with van der Waals surface area (Å²) in [5.41, 5.74) is 7.86. The van der Waals surface area contributed by atoms with E-state index in [1.807, 2.05) is 23.1 Å². The van der Waals surface area contributed by atoms with E-state index in [1.165, 1.54) is 5.56 Å². The van der Waals surface area contributed by atoms with Gasteiger partial charge in [0.25, 0.3) is 0 Å². The predicted molar refractivity (Wildman–Crippen MR) is 61.6 cm³/mol. The van der Waals surface area contributed by atoms with E-state index >= 15 is 0 Å². The molecule has 1 saturated heterocycles. The summed E-state index contributed by atoms with van der Waals surface area (Å²) in [6, 6.07) is 8.09. The number of rotatable bonds is 3. The Labute approximate surface area is 95.3 Å². The van der Waals surface area contributed by atoms with Gasteiger partial charge in [0.05, 0.1) is 12.2 Å². The lowest BCUT2D eigenvalue weighted by Gasteiger charge is -2.15. The molecule has 2 unspecified atom stereocenters. The Morgan fingerprint density at radius 3 is 2.44 bits per heavy atom.